The molecule has 0 spiro atoms. The van der Waals surface area contributed by atoms with Crippen LogP contribution in [0, 0.1) is 5.92 Å². The number of unbranched alkanes of at least 4 members (excludes halogenated alkanes) is 2. The second kappa shape index (κ2) is 10.3. The summed E-state index contributed by atoms with van der Waals surface area (Å²) in [5.74, 6) is 1.08. The Kier molecular flexibility index (Phi) is 7.82. The van der Waals surface area contributed by atoms with Crippen molar-refractivity contribution in [2.24, 2.45) is 5.92 Å². The van der Waals surface area contributed by atoms with Gasteiger partial charge in [-0.05, 0) is 35.1 Å². The largest absolute Gasteiger partial charge is 0.476 e. The summed E-state index contributed by atoms with van der Waals surface area (Å²) in [6, 6.07) is -0.0690. The topological polar surface area (TPSA) is 94.3 Å². The average Bonchev–Trinajstić information content (AvgIpc) is 3.28. The molecule has 0 radical (unpaired) electrons. The van der Waals surface area contributed by atoms with Gasteiger partial charge in [-0.2, -0.15) is 9.97 Å². The van der Waals surface area contributed by atoms with E-state index in [1.54, 1.807) is 6.33 Å². The number of ether oxygens (including phenoxy) is 2. The van der Waals surface area contributed by atoms with E-state index >= 15 is 0 Å². The smallest absolute Gasteiger partial charge is 0.247 e. The van der Waals surface area contributed by atoms with Crippen LogP contribution in [0.3, 0.4) is 0 Å². The molecule has 1 saturated carbocycles. The SMILES string of the molecule is CCCCOC[C@@H]1CC[C@H](n2cnc3c(OCCCC)nc(NP)nc32)[C@H]1O. The second-order valence-corrected chi connectivity index (χ2v) is 7.64. The van der Waals surface area contributed by atoms with Gasteiger partial charge in [0, 0.05) is 12.5 Å². The van der Waals surface area contributed by atoms with E-state index in [9.17, 15) is 5.11 Å². The molecular weight excluding hydrogens is 377 g/mol. The summed E-state index contributed by atoms with van der Waals surface area (Å²) in [7, 11) is 2.41. The third-order valence-corrected chi connectivity index (χ3v) is 5.56. The van der Waals surface area contributed by atoms with E-state index in [1.165, 1.54) is 0 Å². The van der Waals surface area contributed by atoms with Gasteiger partial charge in [0.25, 0.3) is 0 Å². The van der Waals surface area contributed by atoms with Gasteiger partial charge >= 0.3 is 0 Å². The van der Waals surface area contributed by atoms with Gasteiger partial charge in [0.2, 0.25) is 11.8 Å². The van der Waals surface area contributed by atoms with Crippen LogP contribution in [0.4, 0.5) is 5.95 Å². The molecule has 2 aromatic rings. The highest BCUT2D eigenvalue weighted by Crippen LogP contribution is 2.37. The van der Waals surface area contributed by atoms with Crippen molar-refractivity contribution in [1.82, 2.24) is 19.5 Å². The molecule has 2 heterocycles. The van der Waals surface area contributed by atoms with Crippen molar-refractivity contribution in [3.05, 3.63) is 6.33 Å². The summed E-state index contributed by atoms with van der Waals surface area (Å²) in [6.07, 6.45) is 7.24. The maximum Gasteiger partial charge on any atom is 0.247 e. The summed E-state index contributed by atoms with van der Waals surface area (Å²) >= 11 is 0. The predicted octanol–water partition coefficient (Wildman–Crippen LogP) is 3.34. The first kappa shape index (κ1) is 21.2. The number of hydrogen-bond donors (Lipinski definition) is 2. The normalized spacial score (nSPS) is 22.1. The van der Waals surface area contributed by atoms with Gasteiger partial charge in [0.1, 0.15) is 0 Å². The minimum Gasteiger partial charge on any atom is -0.476 e. The van der Waals surface area contributed by atoms with Crippen molar-refractivity contribution in [3.63, 3.8) is 0 Å². The molecule has 0 saturated heterocycles. The van der Waals surface area contributed by atoms with Crippen molar-refractivity contribution >= 4 is 26.5 Å². The molecule has 3 rings (SSSR count). The number of nitrogens with one attached hydrogen (secondary N) is 1. The molecule has 1 aliphatic rings. The molecule has 1 fully saturated rings. The van der Waals surface area contributed by atoms with Crippen molar-refractivity contribution in [2.75, 3.05) is 24.9 Å². The Morgan fingerprint density at radius 2 is 2.00 bits per heavy atom. The molecule has 0 aromatic carbocycles. The fourth-order valence-corrected chi connectivity index (χ4v) is 3.75. The molecule has 0 bridgehead atoms. The quantitative estimate of drug-likeness (QED) is 0.434. The van der Waals surface area contributed by atoms with Gasteiger partial charge in [-0.15, -0.1) is 0 Å². The molecular formula is C19H32N5O3P. The van der Waals surface area contributed by atoms with Crippen LogP contribution in [-0.4, -0.2) is 50.6 Å². The standard InChI is InChI=1S/C19H32N5O3P/c1-3-5-9-26-11-13-7-8-14(16(13)25)24-12-20-15-17(24)21-19(23-28)22-18(15)27-10-6-4-2/h12-14,16,25H,3-11,28H2,1-2H3,(H,21,22,23)/t13-,14-,16-/m0/s1. The van der Waals surface area contributed by atoms with E-state index in [2.05, 4.69) is 43.3 Å². The van der Waals surface area contributed by atoms with E-state index < -0.39 is 6.10 Å². The third-order valence-electron chi connectivity index (χ3n) is 5.30. The number of aliphatic hydroxyl groups excluding tert-OH is 1. The molecule has 2 aromatic heterocycles. The van der Waals surface area contributed by atoms with E-state index in [0.717, 1.165) is 45.1 Å². The lowest BCUT2D eigenvalue weighted by molar-refractivity contribution is 0.0293. The Morgan fingerprint density at radius 3 is 2.75 bits per heavy atom. The maximum atomic E-state index is 10.9. The van der Waals surface area contributed by atoms with Crippen LogP contribution in [0.2, 0.25) is 0 Å². The zero-order valence-electron chi connectivity index (χ0n) is 16.8. The zero-order chi connectivity index (χ0) is 19.9. The molecule has 1 aliphatic carbocycles. The number of nitrogens with zero attached hydrogens (tertiary/aromatic N) is 4. The van der Waals surface area contributed by atoms with E-state index in [0.29, 0.717) is 36.2 Å². The molecule has 8 nitrogen and oxygen atoms in total. The number of hydrogen-bond acceptors (Lipinski definition) is 7. The molecule has 2 N–H and O–H groups in total. The number of fused-ring (bicyclic) bond motifs is 1. The van der Waals surface area contributed by atoms with Crippen LogP contribution in [0.15, 0.2) is 6.33 Å². The fraction of sp³-hybridized carbons (Fsp3) is 0.737. The Balaban J connectivity index is 1.78. The Bertz CT molecular complexity index is 756. The summed E-state index contributed by atoms with van der Waals surface area (Å²) < 4.78 is 13.6. The van der Waals surface area contributed by atoms with Crippen LogP contribution in [0.5, 0.6) is 5.88 Å². The highest BCUT2D eigenvalue weighted by Gasteiger charge is 2.37. The Labute approximate surface area is 168 Å². The van der Waals surface area contributed by atoms with Gasteiger partial charge in [-0.1, -0.05) is 26.7 Å². The highest BCUT2D eigenvalue weighted by molar-refractivity contribution is 7.18. The van der Waals surface area contributed by atoms with Gasteiger partial charge < -0.3 is 24.2 Å². The first-order valence-corrected chi connectivity index (χ1v) is 10.9. The number of anilines is 1. The molecule has 28 heavy (non-hydrogen) atoms. The minimum atomic E-state index is -0.481. The summed E-state index contributed by atoms with van der Waals surface area (Å²) in [6.45, 7) is 6.21. The first-order chi connectivity index (χ1) is 13.7. The van der Waals surface area contributed by atoms with E-state index in [1.807, 2.05) is 4.57 Å². The average molecular weight is 409 g/mol. The number of rotatable bonds is 11. The lowest BCUT2D eigenvalue weighted by atomic mass is 10.1. The second-order valence-electron chi connectivity index (χ2n) is 7.35. The first-order valence-electron chi connectivity index (χ1n) is 10.3. The van der Waals surface area contributed by atoms with Crippen molar-refractivity contribution in [3.8, 4) is 5.88 Å². The van der Waals surface area contributed by atoms with Crippen LogP contribution < -0.4 is 9.82 Å². The fourth-order valence-electron chi connectivity index (χ4n) is 3.62. The highest BCUT2D eigenvalue weighted by atomic mass is 31.0. The van der Waals surface area contributed by atoms with Crippen LogP contribution >= 0.6 is 9.39 Å². The summed E-state index contributed by atoms with van der Waals surface area (Å²) in [5.41, 5.74) is 1.32. The summed E-state index contributed by atoms with van der Waals surface area (Å²) in [5, 5.41) is 13.8. The molecule has 9 heteroatoms. The van der Waals surface area contributed by atoms with Gasteiger partial charge in [-0.3, -0.25) is 0 Å². The molecule has 1 unspecified atom stereocenters. The van der Waals surface area contributed by atoms with Crippen LogP contribution in [0.1, 0.15) is 58.4 Å². The third kappa shape index (κ3) is 4.73. The van der Waals surface area contributed by atoms with E-state index in [-0.39, 0.29) is 12.0 Å². The predicted molar refractivity (Wildman–Crippen MR) is 113 cm³/mol. The summed E-state index contributed by atoms with van der Waals surface area (Å²) in [4.78, 5) is 13.5. The number of aromatic nitrogens is 4. The van der Waals surface area contributed by atoms with Crippen LogP contribution in [-0.2, 0) is 4.74 Å². The van der Waals surface area contributed by atoms with Crippen molar-refractivity contribution in [1.29, 1.82) is 0 Å². The zero-order valence-corrected chi connectivity index (χ0v) is 18.0. The maximum absolute atomic E-state index is 10.9. The van der Waals surface area contributed by atoms with Gasteiger partial charge in [0.05, 0.1) is 31.7 Å². The molecule has 0 amide bonds. The Hall–Kier alpha value is -1.50. The minimum absolute atomic E-state index is 0.0690. The number of aliphatic hydroxyl groups is 1. The Morgan fingerprint density at radius 1 is 1.21 bits per heavy atom. The number of imidazole rings is 1. The van der Waals surface area contributed by atoms with Gasteiger partial charge in [-0.25, -0.2) is 4.98 Å². The molecule has 0 aliphatic heterocycles. The lowest BCUT2D eigenvalue weighted by Gasteiger charge is -2.21. The van der Waals surface area contributed by atoms with E-state index in [4.69, 9.17) is 9.47 Å². The van der Waals surface area contributed by atoms with Gasteiger partial charge in [0.15, 0.2) is 11.2 Å². The lowest BCUT2D eigenvalue weighted by Crippen LogP contribution is -2.26. The van der Waals surface area contributed by atoms with Crippen LogP contribution in [0.25, 0.3) is 11.2 Å². The van der Waals surface area contributed by atoms with Crippen molar-refractivity contribution < 1.29 is 14.6 Å². The van der Waals surface area contributed by atoms with Crippen molar-refractivity contribution in [2.45, 2.75) is 64.5 Å². The molecule has 4 atom stereocenters. The molecule has 156 valence electrons. The monoisotopic (exact) mass is 409 g/mol.